The second kappa shape index (κ2) is 11.9. The zero-order chi connectivity index (χ0) is 33.7. The van der Waals surface area contributed by atoms with Gasteiger partial charge in [-0.05, 0) is 45.5 Å². The highest BCUT2D eigenvalue weighted by Gasteiger charge is 2.18. The van der Waals surface area contributed by atoms with Crippen LogP contribution in [0, 0.1) is 0 Å². The number of fused-ring (bicyclic) bond motifs is 5. The Morgan fingerprint density at radius 3 is 1.53 bits per heavy atom. The Bertz CT molecular complexity index is 2850. The van der Waals surface area contributed by atoms with Crippen LogP contribution in [0.3, 0.4) is 0 Å². The first kappa shape index (κ1) is 29.0. The molecule has 0 saturated heterocycles. The van der Waals surface area contributed by atoms with E-state index in [0.29, 0.717) is 17.5 Å². The first-order valence-corrected chi connectivity index (χ1v) is 17.2. The Kier molecular flexibility index (Phi) is 6.78. The van der Waals surface area contributed by atoms with Crippen molar-refractivity contribution in [2.24, 2.45) is 0 Å². The van der Waals surface area contributed by atoms with Crippen molar-refractivity contribution in [2.75, 3.05) is 0 Å². The van der Waals surface area contributed by atoms with Gasteiger partial charge in [-0.3, -0.25) is 0 Å². The second-order valence-electron chi connectivity index (χ2n) is 12.8. The SMILES string of the molecule is c1ccc(-c2nc(-c3ccc(-c4cccc5ccccc45)cc3)nc(-c3cccc4c(-n5c6ccccc6c6ccccc65)cccc34)n2)cc1. The molecule has 0 bridgehead atoms. The Balaban J connectivity index is 1.15. The van der Waals surface area contributed by atoms with Gasteiger partial charge in [0.15, 0.2) is 17.5 Å². The molecule has 0 fully saturated rings. The van der Waals surface area contributed by atoms with Crippen LogP contribution in [0.5, 0.6) is 0 Å². The van der Waals surface area contributed by atoms with Crippen molar-refractivity contribution in [2.45, 2.75) is 0 Å². The van der Waals surface area contributed by atoms with Gasteiger partial charge < -0.3 is 4.57 Å². The average Bonchev–Trinajstić information content (AvgIpc) is 3.54. The molecule has 10 aromatic rings. The van der Waals surface area contributed by atoms with Crippen LogP contribution in [0.25, 0.3) is 94.3 Å². The van der Waals surface area contributed by atoms with E-state index in [2.05, 4.69) is 168 Å². The zero-order valence-corrected chi connectivity index (χ0v) is 27.6. The van der Waals surface area contributed by atoms with Crippen molar-refractivity contribution >= 4 is 43.4 Å². The van der Waals surface area contributed by atoms with Crippen LogP contribution in [0.2, 0.25) is 0 Å². The fourth-order valence-corrected chi connectivity index (χ4v) is 7.48. The summed E-state index contributed by atoms with van der Waals surface area (Å²) in [4.78, 5) is 15.3. The molecule has 0 aliphatic heterocycles. The van der Waals surface area contributed by atoms with Crippen molar-refractivity contribution in [3.63, 3.8) is 0 Å². The van der Waals surface area contributed by atoms with Gasteiger partial charge in [-0.15, -0.1) is 0 Å². The van der Waals surface area contributed by atoms with E-state index in [9.17, 15) is 0 Å². The van der Waals surface area contributed by atoms with E-state index in [0.717, 1.165) is 38.7 Å². The van der Waals surface area contributed by atoms with Crippen LogP contribution in [0.1, 0.15) is 0 Å². The van der Waals surface area contributed by atoms with E-state index in [4.69, 9.17) is 15.0 Å². The summed E-state index contributed by atoms with van der Waals surface area (Å²) in [5.74, 6) is 1.92. The standard InChI is InChI=1S/C47H30N4/c1-2-14-33(15-3-1)45-48-46(34-29-27-32(28-30-34)36-20-10-16-31-13-4-5-17-35(31)36)50-47(49-45)41-23-11-22-38-37(41)21-12-26-44(38)51-42-24-8-6-18-39(42)40-19-7-9-25-43(40)51/h1-30H. The molecule has 10 rings (SSSR count). The molecule has 0 aliphatic carbocycles. The molecule has 0 amide bonds. The van der Waals surface area contributed by atoms with Gasteiger partial charge in [0.2, 0.25) is 0 Å². The third kappa shape index (κ3) is 4.88. The highest BCUT2D eigenvalue weighted by molar-refractivity contribution is 6.11. The number of nitrogens with zero attached hydrogens (tertiary/aromatic N) is 4. The lowest BCUT2D eigenvalue weighted by atomic mass is 9.97. The van der Waals surface area contributed by atoms with Gasteiger partial charge in [-0.2, -0.15) is 0 Å². The second-order valence-corrected chi connectivity index (χ2v) is 12.8. The van der Waals surface area contributed by atoms with Crippen LogP contribution < -0.4 is 0 Å². The van der Waals surface area contributed by atoms with Crippen molar-refractivity contribution in [3.05, 3.63) is 182 Å². The molecule has 4 nitrogen and oxygen atoms in total. The normalized spacial score (nSPS) is 11.5. The van der Waals surface area contributed by atoms with Crippen molar-refractivity contribution in [1.82, 2.24) is 19.5 Å². The molecule has 2 aromatic heterocycles. The highest BCUT2D eigenvalue weighted by atomic mass is 15.0. The maximum atomic E-state index is 5.17. The van der Waals surface area contributed by atoms with Gasteiger partial charge in [0, 0.05) is 32.8 Å². The van der Waals surface area contributed by atoms with Gasteiger partial charge >= 0.3 is 0 Å². The first-order valence-electron chi connectivity index (χ1n) is 17.2. The summed E-state index contributed by atoms with van der Waals surface area (Å²) in [6.45, 7) is 0. The molecule has 8 aromatic carbocycles. The van der Waals surface area contributed by atoms with E-state index >= 15 is 0 Å². The maximum absolute atomic E-state index is 5.17. The monoisotopic (exact) mass is 650 g/mol. The van der Waals surface area contributed by atoms with E-state index in [1.807, 2.05) is 18.2 Å². The van der Waals surface area contributed by atoms with E-state index in [1.54, 1.807) is 0 Å². The Labute approximate surface area is 295 Å². The third-order valence-corrected chi connectivity index (χ3v) is 9.87. The van der Waals surface area contributed by atoms with Gasteiger partial charge in [-0.25, -0.2) is 15.0 Å². The van der Waals surface area contributed by atoms with Crippen LogP contribution in [0.4, 0.5) is 0 Å². The molecule has 2 heterocycles. The molecular formula is C47H30N4. The zero-order valence-electron chi connectivity index (χ0n) is 27.6. The number of hydrogen-bond acceptors (Lipinski definition) is 3. The quantitative estimate of drug-likeness (QED) is 0.186. The maximum Gasteiger partial charge on any atom is 0.164 e. The molecule has 238 valence electrons. The molecule has 0 radical (unpaired) electrons. The lowest BCUT2D eigenvalue weighted by Gasteiger charge is -2.14. The van der Waals surface area contributed by atoms with E-state index in [-0.39, 0.29) is 0 Å². The third-order valence-electron chi connectivity index (χ3n) is 9.87. The fourth-order valence-electron chi connectivity index (χ4n) is 7.48. The smallest absolute Gasteiger partial charge is 0.164 e. The molecule has 4 heteroatoms. The Hall–Kier alpha value is -6.91. The summed E-state index contributed by atoms with van der Waals surface area (Å²) in [6, 6.07) is 63.9. The molecule has 0 atom stereocenters. The van der Waals surface area contributed by atoms with Crippen molar-refractivity contribution < 1.29 is 0 Å². The summed E-state index contributed by atoms with van der Waals surface area (Å²) < 4.78 is 2.38. The summed E-state index contributed by atoms with van der Waals surface area (Å²) >= 11 is 0. The minimum Gasteiger partial charge on any atom is -0.309 e. The minimum absolute atomic E-state index is 0.638. The number of benzene rings is 8. The number of rotatable bonds is 5. The molecular weight excluding hydrogens is 621 g/mol. The summed E-state index contributed by atoms with van der Waals surface area (Å²) in [6.07, 6.45) is 0. The molecule has 0 unspecified atom stereocenters. The van der Waals surface area contributed by atoms with Crippen molar-refractivity contribution in [3.8, 4) is 51.0 Å². The number of para-hydroxylation sites is 2. The van der Waals surface area contributed by atoms with Gasteiger partial charge in [0.05, 0.1) is 16.7 Å². The number of hydrogen-bond donors (Lipinski definition) is 0. The molecule has 0 N–H and O–H groups in total. The van der Waals surface area contributed by atoms with Gasteiger partial charge in [0.25, 0.3) is 0 Å². The summed E-state index contributed by atoms with van der Waals surface area (Å²) in [7, 11) is 0. The first-order chi connectivity index (χ1) is 25.3. The van der Waals surface area contributed by atoms with Crippen LogP contribution in [0.15, 0.2) is 182 Å². The Morgan fingerprint density at radius 1 is 0.294 bits per heavy atom. The average molecular weight is 651 g/mol. The largest absolute Gasteiger partial charge is 0.309 e. The van der Waals surface area contributed by atoms with Crippen LogP contribution >= 0.6 is 0 Å². The van der Waals surface area contributed by atoms with Crippen molar-refractivity contribution in [1.29, 1.82) is 0 Å². The Morgan fingerprint density at radius 2 is 0.784 bits per heavy atom. The molecule has 0 saturated carbocycles. The summed E-state index contributed by atoms with van der Waals surface area (Å²) in [5, 5.41) is 7.15. The lowest BCUT2D eigenvalue weighted by molar-refractivity contribution is 1.08. The number of aromatic nitrogens is 4. The minimum atomic E-state index is 0.638. The van der Waals surface area contributed by atoms with Gasteiger partial charge in [0.1, 0.15) is 0 Å². The topological polar surface area (TPSA) is 43.6 Å². The van der Waals surface area contributed by atoms with E-state index < -0.39 is 0 Å². The fraction of sp³-hybridized carbons (Fsp3) is 0. The van der Waals surface area contributed by atoms with E-state index in [1.165, 1.54) is 38.1 Å². The van der Waals surface area contributed by atoms with Gasteiger partial charge in [-0.1, -0.05) is 164 Å². The lowest BCUT2D eigenvalue weighted by Crippen LogP contribution is -2.01. The molecule has 51 heavy (non-hydrogen) atoms. The highest BCUT2D eigenvalue weighted by Crippen LogP contribution is 2.37. The molecule has 0 aliphatic rings. The predicted molar refractivity (Wildman–Crippen MR) is 211 cm³/mol. The van der Waals surface area contributed by atoms with Crippen LogP contribution in [-0.4, -0.2) is 19.5 Å². The molecule has 0 spiro atoms. The summed E-state index contributed by atoms with van der Waals surface area (Å²) in [5.41, 5.74) is 8.67. The predicted octanol–water partition coefficient (Wildman–Crippen LogP) is 11.9. The van der Waals surface area contributed by atoms with Crippen LogP contribution in [-0.2, 0) is 0 Å².